The van der Waals surface area contributed by atoms with E-state index in [0.29, 0.717) is 12.5 Å². The van der Waals surface area contributed by atoms with Crippen LogP contribution in [0.1, 0.15) is 40.0 Å². The molecule has 0 aliphatic heterocycles. The minimum absolute atomic E-state index is 0.0136. The lowest BCUT2D eigenvalue weighted by Gasteiger charge is -2.23. The zero-order chi connectivity index (χ0) is 13.4. The summed E-state index contributed by atoms with van der Waals surface area (Å²) < 4.78 is 0. The average Bonchev–Trinajstić information content (AvgIpc) is 2.21. The molecule has 102 valence electrons. The molecular weight excluding hydrogens is 216 g/mol. The van der Waals surface area contributed by atoms with Crippen LogP contribution < -0.4 is 5.32 Å². The standard InChI is InChI=1S/C13H28N2O2/c1-6-7-12(15(4)5)13(17)14-9-11(16)8-10(2)3/h10-12,16H,6-9H2,1-5H3,(H,14,17). The van der Waals surface area contributed by atoms with Crippen LogP contribution >= 0.6 is 0 Å². The number of aliphatic hydroxyl groups excluding tert-OH is 1. The molecule has 2 unspecified atom stereocenters. The molecule has 4 nitrogen and oxygen atoms in total. The lowest BCUT2D eigenvalue weighted by Crippen LogP contribution is -2.45. The van der Waals surface area contributed by atoms with Gasteiger partial charge < -0.3 is 10.4 Å². The van der Waals surface area contributed by atoms with Crippen molar-refractivity contribution in [3.63, 3.8) is 0 Å². The summed E-state index contributed by atoms with van der Waals surface area (Å²) in [4.78, 5) is 13.8. The third kappa shape index (κ3) is 7.34. The normalized spacial score (nSPS) is 15.1. The molecule has 0 saturated heterocycles. The first-order valence-corrected chi connectivity index (χ1v) is 6.50. The van der Waals surface area contributed by atoms with Gasteiger partial charge in [-0.05, 0) is 32.9 Å². The Morgan fingerprint density at radius 2 is 1.94 bits per heavy atom. The molecule has 0 fully saturated rings. The van der Waals surface area contributed by atoms with Gasteiger partial charge in [0.2, 0.25) is 5.91 Å². The fraction of sp³-hybridized carbons (Fsp3) is 0.923. The SMILES string of the molecule is CCCC(C(=O)NCC(O)CC(C)C)N(C)C. The van der Waals surface area contributed by atoms with Crippen LogP contribution in [0.3, 0.4) is 0 Å². The number of rotatable bonds is 8. The van der Waals surface area contributed by atoms with E-state index in [9.17, 15) is 9.90 Å². The molecule has 0 aromatic rings. The molecule has 0 radical (unpaired) electrons. The maximum atomic E-state index is 11.9. The molecule has 2 N–H and O–H groups in total. The molecular formula is C13H28N2O2. The number of nitrogens with zero attached hydrogens (tertiary/aromatic N) is 1. The predicted molar refractivity (Wildman–Crippen MR) is 70.9 cm³/mol. The van der Waals surface area contributed by atoms with Gasteiger partial charge in [-0.3, -0.25) is 9.69 Å². The molecule has 0 aliphatic rings. The lowest BCUT2D eigenvalue weighted by atomic mass is 10.1. The summed E-state index contributed by atoms with van der Waals surface area (Å²) in [6.07, 6.45) is 2.10. The average molecular weight is 244 g/mol. The van der Waals surface area contributed by atoms with Crippen molar-refractivity contribution < 1.29 is 9.90 Å². The Morgan fingerprint density at radius 1 is 1.35 bits per heavy atom. The van der Waals surface area contributed by atoms with Gasteiger partial charge in [-0.1, -0.05) is 27.2 Å². The number of aliphatic hydroxyl groups is 1. The molecule has 0 aromatic carbocycles. The molecule has 2 atom stereocenters. The van der Waals surface area contributed by atoms with Crippen LogP contribution in [-0.2, 0) is 4.79 Å². The van der Waals surface area contributed by atoms with Crippen LogP contribution in [0.4, 0.5) is 0 Å². The fourth-order valence-electron chi connectivity index (χ4n) is 1.86. The Balaban J connectivity index is 4.05. The molecule has 0 spiro atoms. The van der Waals surface area contributed by atoms with Crippen LogP contribution in [0.5, 0.6) is 0 Å². The van der Waals surface area contributed by atoms with Crippen LogP contribution in [0.25, 0.3) is 0 Å². The summed E-state index contributed by atoms with van der Waals surface area (Å²) >= 11 is 0. The summed E-state index contributed by atoms with van der Waals surface area (Å²) in [6, 6.07) is -0.0914. The Bertz CT molecular complexity index is 217. The van der Waals surface area contributed by atoms with Gasteiger partial charge in [-0.15, -0.1) is 0 Å². The van der Waals surface area contributed by atoms with Crippen molar-refractivity contribution >= 4 is 5.91 Å². The highest BCUT2D eigenvalue weighted by Crippen LogP contribution is 2.05. The predicted octanol–water partition coefficient (Wildman–Crippen LogP) is 1.24. The number of amides is 1. The van der Waals surface area contributed by atoms with Crippen molar-refractivity contribution in [3.8, 4) is 0 Å². The fourth-order valence-corrected chi connectivity index (χ4v) is 1.86. The molecule has 4 heteroatoms. The summed E-state index contributed by atoms with van der Waals surface area (Å²) in [5, 5.41) is 12.5. The van der Waals surface area contributed by atoms with E-state index in [4.69, 9.17) is 0 Å². The van der Waals surface area contributed by atoms with Crippen LogP contribution in [0, 0.1) is 5.92 Å². The summed E-state index contributed by atoms with van der Waals surface area (Å²) in [7, 11) is 3.81. The first-order chi connectivity index (χ1) is 7.88. The van der Waals surface area contributed by atoms with E-state index < -0.39 is 6.10 Å². The third-order valence-corrected chi connectivity index (χ3v) is 2.74. The third-order valence-electron chi connectivity index (χ3n) is 2.74. The second-order valence-corrected chi connectivity index (χ2v) is 5.30. The van der Waals surface area contributed by atoms with Gasteiger partial charge >= 0.3 is 0 Å². The summed E-state index contributed by atoms with van der Waals surface area (Å²) in [6.45, 7) is 6.54. The summed E-state index contributed by atoms with van der Waals surface area (Å²) in [5.74, 6) is 0.460. The van der Waals surface area contributed by atoms with Crippen molar-refractivity contribution in [2.45, 2.75) is 52.2 Å². The van der Waals surface area contributed by atoms with Crippen molar-refractivity contribution in [3.05, 3.63) is 0 Å². The van der Waals surface area contributed by atoms with Gasteiger partial charge in [0.05, 0.1) is 12.1 Å². The van der Waals surface area contributed by atoms with E-state index in [2.05, 4.69) is 26.1 Å². The number of carbonyl (C=O) groups is 1. The smallest absolute Gasteiger partial charge is 0.237 e. The van der Waals surface area contributed by atoms with E-state index in [1.807, 2.05) is 19.0 Å². The van der Waals surface area contributed by atoms with E-state index in [1.165, 1.54) is 0 Å². The van der Waals surface area contributed by atoms with Crippen LogP contribution in [0.15, 0.2) is 0 Å². The van der Waals surface area contributed by atoms with Gasteiger partial charge in [-0.25, -0.2) is 0 Å². The minimum Gasteiger partial charge on any atom is -0.391 e. The number of hydrogen-bond acceptors (Lipinski definition) is 3. The van der Waals surface area contributed by atoms with Crippen molar-refractivity contribution in [1.82, 2.24) is 10.2 Å². The highest BCUT2D eigenvalue weighted by Gasteiger charge is 2.20. The van der Waals surface area contributed by atoms with Crippen LogP contribution in [-0.4, -0.2) is 48.7 Å². The van der Waals surface area contributed by atoms with E-state index in [1.54, 1.807) is 0 Å². The zero-order valence-electron chi connectivity index (χ0n) is 11.9. The van der Waals surface area contributed by atoms with Crippen molar-refractivity contribution in [2.75, 3.05) is 20.6 Å². The maximum Gasteiger partial charge on any atom is 0.237 e. The maximum absolute atomic E-state index is 11.9. The lowest BCUT2D eigenvalue weighted by molar-refractivity contribution is -0.126. The Kier molecular flexibility index (Phi) is 8.17. The highest BCUT2D eigenvalue weighted by molar-refractivity contribution is 5.81. The molecule has 17 heavy (non-hydrogen) atoms. The van der Waals surface area contributed by atoms with Crippen molar-refractivity contribution in [1.29, 1.82) is 0 Å². The molecule has 0 heterocycles. The number of nitrogens with one attached hydrogen (secondary N) is 1. The first kappa shape index (κ1) is 16.4. The van der Waals surface area contributed by atoms with Gasteiger partial charge in [0.1, 0.15) is 0 Å². The molecule has 0 aromatic heterocycles. The zero-order valence-corrected chi connectivity index (χ0v) is 11.9. The summed E-state index contributed by atoms with van der Waals surface area (Å²) in [5.41, 5.74) is 0. The number of carbonyl (C=O) groups excluding carboxylic acids is 1. The van der Waals surface area contributed by atoms with Crippen LogP contribution in [0.2, 0.25) is 0 Å². The molecule has 0 saturated carbocycles. The monoisotopic (exact) mass is 244 g/mol. The second kappa shape index (κ2) is 8.48. The molecule has 1 amide bonds. The van der Waals surface area contributed by atoms with E-state index >= 15 is 0 Å². The minimum atomic E-state index is -0.441. The van der Waals surface area contributed by atoms with E-state index in [0.717, 1.165) is 19.3 Å². The highest BCUT2D eigenvalue weighted by atomic mass is 16.3. The topological polar surface area (TPSA) is 52.6 Å². The largest absolute Gasteiger partial charge is 0.391 e. The quantitative estimate of drug-likeness (QED) is 0.675. The molecule has 0 bridgehead atoms. The molecule has 0 rings (SSSR count). The Hall–Kier alpha value is -0.610. The van der Waals surface area contributed by atoms with Gasteiger partial charge in [0.15, 0.2) is 0 Å². The van der Waals surface area contributed by atoms with Gasteiger partial charge in [0, 0.05) is 6.54 Å². The van der Waals surface area contributed by atoms with E-state index in [-0.39, 0.29) is 11.9 Å². The molecule has 0 aliphatic carbocycles. The van der Waals surface area contributed by atoms with Crippen molar-refractivity contribution in [2.24, 2.45) is 5.92 Å². The first-order valence-electron chi connectivity index (χ1n) is 6.50. The second-order valence-electron chi connectivity index (χ2n) is 5.30. The van der Waals surface area contributed by atoms with Gasteiger partial charge in [0.25, 0.3) is 0 Å². The number of hydrogen-bond donors (Lipinski definition) is 2. The van der Waals surface area contributed by atoms with Gasteiger partial charge in [-0.2, -0.15) is 0 Å². The number of likely N-dealkylation sites (N-methyl/N-ethyl adjacent to an activating group) is 1. The Morgan fingerprint density at radius 3 is 2.35 bits per heavy atom. The Labute approximate surface area is 105 Å².